The first kappa shape index (κ1) is 18.9. The van der Waals surface area contributed by atoms with Gasteiger partial charge in [-0.2, -0.15) is 0 Å². The van der Waals surface area contributed by atoms with Gasteiger partial charge in [0.05, 0.1) is 6.54 Å². The van der Waals surface area contributed by atoms with E-state index in [0.29, 0.717) is 24.8 Å². The third kappa shape index (κ3) is 8.19. The van der Waals surface area contributed by atoms with E-state index in [4.69, 9.17) is 4.74 Å². The molecule has 0 aromatic heterocycles. The maximum atomic E-state index is 12.9. The second kappa shape index (κ2) is 10.7. The molecule has 0 fully saturated rings. The summed E-state index contributed by atoms with van der Waals surface area (Å²) in [6.45, 7) is 6.19. The number of nitrogens with zero attached hydrogens (tertiary/aromatic N) is 1. The maximum absolute atomic E-state index is 12.9. The molecule has 6 heteroatoms. The Bertz CT molecular complexity index is 413. The standard InChI is InChI=1S/C14H22FN3O.HI/c1-11(2)10-18-14(16-3)17-7-8-19-13-6-4-5-12(15)9-13;/h4-6,9,11H,7-8,10H2,1-3H3,(H2,16,17,18);1H. The number of benzene rings is 1. The average molecular weight is 395 g/mol. The third-order valence-electron chi connectivity index (χ3n) is 2.36. The number of nitrogens with one attached hydrogen (secondary N) is 2. The topological polar surface area (TPSA) is 45.7 Å². The Balaban J connectivity index is 0.00000361. The third-order valence-corrected chi connectivity index (χ3v) is 2.36. The van der Waals surface area contributed by atoms with Crippen LogP contribution in [-0.2, 0) is 0 Å². The minimum atomic E-state index is -0.292. The summed E-state index contributed by atoms with van der Waals surface area (Å²) in [4.78, 5) is 4.10. The molecule has 0 aliphatic carbocycles. The van der Waals surface area contributed by atoms with Crippen molar-refractivity contribution in [1.82, 2.24) is 10.6 Å². The lowest BCUT2D eigenvalue weighted by Gasteiger charge is -2.13. The van der Waals surface area contributed by atoms with Gasteiger partial charge in [-0.1, -0.05) is 19.9 Å². The molecule has 0 amide bonds. The highest BCUT2D eigenvalue weighted by Crippen LogP contribution is 2.11. The van der Waals surface area contributed by atoms with Crippen molar-refractivity contribution in [1.29, 1.82) is 0 Å². The summed E-state index contributed by atoms with van der Waals surface area (Å²) in [6.07, 6.45) is 0. The van der Waals surface area contributed by atoms with Crippen molar-refractivity contribution in [3.05, 3.63) is 30.1 Å². The largest absolute Gasteiger partial charge is 0.492 e. The molecule has 20 heavy (non-hydrogen) atoms. The summed E-state index contributed by atoms with van der Waals surface area (Å²) in [6, 6.07) is 6.12. The van der Waals surface area contributed by atoms with E-state index in [9.17, 15) is 4.39 Å². The molecular formula is C14H23FIN3O. The van der Waals surface area contributed by atoms with Gasteiger partial charge in [0.2, 0.25) is 0 Å². The summed E-state index contributed by atoms with van der Waals surface area (Å²) in [5, 5.41) is 6.33. The molecule has 0 saturated carbocycles. The molecule has 0 spiro atoms. The predicted octanol–water partition coefficient (Wildman–Crippen LogP) is 2.64. The van der Waals surface area contributed by atoms with E-state index < -0.39 is 0 Å². The number of aliphatic imine (C=N–C) groups is 1. The molecule has 1 rings (SSSR count). The van der Waals surface area contributed by atoms with Crippen LogP contribution in [0.5, 0.6) is 5.75 Å². The SMILES string of the molecule is CN=C(NCCOc1cccc(F)c1)NCC(C)C.I. The van der Waals surface area contributed by atoms with Crippen molar-refractivity contribution in [2.24, 2.45) is 10.9 Å². The summed E-state index contributed by atoms with van der Waals surface area (Å²) >= 11 is 0. The normalized spacial score (nSPS) is 10.9. The van der Waals surface area contributed by atoms with Gasteiger partial charge in [-0.15, -0.1) is 24.0 Å². The lowest BCUT2D eigenvalue weighted by atomic mass is 10.2. The van der Waals surface area contributed by atoms with Gasteiger partial charge in [-0.3, -0.25) is 4.99 Å². The summed E-state index contributed by atoms with van der Waals surface area (Å²) in [5.41, 5.74) is 0. The molecule has 0 heterocycles. The van der Waals surface area contributed by atoms with E-state index in [1.165, 1.54) is 12.1 Å². The van der Waals surface area contributed by atoms with E-state index in [2.05, 4.69) is 29.5 Å². The minimum absolute atomic E-state index is 0. The van der Waals surface area contributed by atoms with Gasteiger partial charge in [0.15, 0.2) is 5.96 Å². The van der Waals surface area contributed by atoms with Crippen LogP contribution in [0.1, 0.15) is 13.8 Å². The number of hydrogen-bond acceptors (Lipinski definition) is 2. The molecule has 0 radical (unpaired) electrons. The molecule has 0 aliphatic rings. The molecule has 0 unspecified atom stereocenters. The fourth-order valence-corrected chi connectivity index (χ4v) is 1.42. The van der Waals surface area contributed by atoms with Crippen LogP contribution in [0, 0.1) is 11.7 Å². The molecule has 1 aromatic rings. The number of halogens is 2. The Kier molecular flexibility index (Phi) is 10.1. The van der Waals surface area contributed by atoms with Crippen LogP contribution < -0.4 is 15.4 Å². The van der Waals surface area contributed by atoms with E-state index in [1.54, 1.807) is 19.2 Å². The second-order valence-electron chi connectivity index (χ2n) is 4.58. The fraction of sp³-hybridized carbons (Fsp3) is 0.500. The zero-order chi connectivity index (χ0) is 14.1. The lowest BCUT2D eigenvalue weighted by molar-refractivity contribution is 0.320. The van der Waals surface area contributed by atoms with Crippen LogP contribution in [0.25, 0.3) is 0 Å². The number of hydrogen-bond donors (Lipinski definition) is 2. The Morgan fingerprint density at radius 3 is 2.70 bits per heavy atom. The zero-order valence-corrected chi connectivity index (χ0v) is 14.5. The summed E-state index contributed by atoms with van der Waals surface area (Å²) in [5.74, 6) is 1.55. The van der Waals surface area contributed by atoms with Crippen molar-refractivity contribution in [3.63, 3.8) is 0 Å². The maximum Gasteiger partial charge on any atom is 0.191 e. The highest BCUT2D eigenvalue weighted by atomic mass is 127. The van der Waals surface area contributed by atoms with Gasteiger partial charge >= 0.3 is 0 Å². The number of ether oxygens (including phenoxy) is 1. The van der Waals surface area contributed by atoms with E-state index in [0.717, 1.165) is 12.5 Å². The van der Waals surface area contributed by atoms with Crippen molar-refractivity contribution in [2.75, 3.05) is 26.7 Å². The fourth-order valence-electron chi connectivity index (χ4n) is 1.42. The van der Waals surface area contributed by atoms with Gasteiger partial charge in [-0.05, 0) is 18.1 Å². The van der Waals surface area contributed by atoms with Gasteiger partial charge in [0.1, 0.15) is 18.2 Å². The van der Waals surface area contributed by atoms with Gasteiger partial charge in [0, 0.05) is 19.7 Å². The predicted molar refractivity (Wildman–Crippen MR) is 91.5 cm³/mol. The van der Waals surface area contributed by atoms with Crippen molar-refractivity contribution in [3.8, 4) is 5.75 Å². The molecule has 0 atom stereocenters. The molecule has 0 bridgehead atoms. The van der Waals surface area contributed by atoms with Crippen LogP contribution in [0.15, 0.2) is 29.3 Å². The number of rotatable bonds is 6. The molecule has 0 saturated heterocycles. The lowest BCUT2D eigenvalue weighted by Crippen LogP contribution is -2.40. The summed E-state index contributed by atoms with van der Waals surface area (Å²) < 4.78 is 18.3. The zero-order valence-electron chi connectivity index (χ0n) is 12.1. The molecule has 4 nitrogen and oxygen atoms in total. The van der Waals surface area contributed by atoms with Gasteiger partial charge in [0.25, 0.3) is 0 Å². The Morgan fingerprint density at radius 2 is 2.10 bits per heavy atom. The molecule has 1 aromatic carbocycles. The van der Waals surface area contributed by atoms with Crippen LogP contribution in [0.3, 0.4) is 0 Å². The highest BCUT2D eigenvalue weighted by Gasteiger charge is 1.99. The van der Waals surface area contributed by atoms with Crippen LogP contribution in [0.4, 0.5) is 4.39 Å². The average Bonchev–Trinajstić information content (AvgIpc) is 2.38. The smallest absolute Gasteiger partial charge is 0.191 e. The Labute approximate surface area is 137 Å². The minimum Gasteiger partial charge on any atom is -0.492 e. The van der Waals surface area contributed by atoms with E-state index in [-0.39, 0.29) is 29.8 Å². The van der Waals surface area contributed by atoms with Crippen molar-refractivity contribution < 1.29 is 9.13 Å². The van der Waals surface area contributed by atoms with Crippen molar-refractivity contribution >= 4 is 29.9 Å². The first-order valence-corrected chi connectivity index (χ1v) is 6.44. The number of guanidine groups is 1. The second-order valence-corrected chi connectivity index (χ2v) is 4.58. The highest BCUT2D eigenvalue weighted by molar-refractivity contribution is 14.0. The van der Waals surface area contributed by atoms with Crippen LogP contribution in [-0.4, -0.2) is 32.7 Å². The van der Waals surface area contributed by atoms with Crippen LogP contribution >= 0.6 is 24.0 Å². The molecule has 2 N–H and O–H groups in total. The van der Waals surface area contributed by atoms with Gasteiger partial charge in [-0.25, -0.2) is 4.39 Å². The Morgan fingerprint density at radius 1 is 1.35 bits per heavy atom. The first-order chi connectivity index (χ1) is 9.11. The summed E-state index contributed by atoms with van der Waals surface area (Å²) in [7, 11) is 1.73. The quantitative estimate of drug-likeness (QED) is 0.337. The van der Waals surface area contributed by atoms with E-state index >= 15 is 0 Å². The molecule has 114 valence electrons. The Hall–Kier alpha value is -1.05. The first-order valence-electron chi connectivity index (χ1n) is 6.44. The molecule has 0 aliphatic heterocycles. The van der Waals surface area contributed by atoms with E-state index in [1.807, 2.05) is 0 Å². The van der Waals surface area contributed by atoms with Crippen molar-refractivity contribution in [2.45, 2.75) is 13.8 Å². The van der Waals surface area contributed by atoms with Gasteiger partial charge < -0.3 is 15.4 Å². The van der Waals surface area contributed by atoms with Crippen LogP contribution in [0.2, 0.25) is 0 Å². The monoisotopic (exact) mass is 395 g/mol. The molecular weight excluding hydrogens is 372 g/mol.